The molecule has 0 spiro atoms. The predicted octanol–water partition coefficient (Wildman–Crippen LogP) is 2.51. The van der Waals surface area contributed by atoms with Gasteiger partial charge in [-0.05, 0) is 45.4 Å². The van der Waals surface area contributed by atoms with Crippen molar-refractivity contribution in [1.29, 1.82) is 0 Å². The largest absolute Gasteiger partial charge is 0.508 e. The molecule has 0 radical (unpaired) electrons. The first-order valence-electron chi connectivity index (χ1n) is 5.27. The lowest BCUT2D eigenvalue weighted by Crippen LogP contribution is -2.34. The van der Waals surface area contributed by atoms with Crippen LogP contribution in [0.3, 0.4) is 0 Å². The van der Waals surface area contributed by atoms with Gasteiger partial charge < -0.3 is 5.11 Å². The van der Waals surface area contributed by atoms with E-state index in [0.717, 1.165) is 5.56 Å². The molecule has 0 aromatic heterocycles. The summed E-state index contributed by atoms with van der Waals surface area (Å²) >= 11 is 0. The van der Waals surface area contributed by atoms with E-state index < -0.39 is 11.0 Å². The molecule has 2 atom stereocenters. The maximum Gasteiger partial charge on any atom is 0.115 e. The van der Waals surface area contributed by atoms with Gasteiger partial charge in [0.05, 0.1) is 15.7 Å². The standard InChI is InChI=1S/C12H19NO2S/c1-9(13-16(15)12(2,3)4)10-6-5-7-11(14)8-10/h5-9,13-14H,1-4H3/t9-,16?/m0/s1. The Morgan fingerprint density at radius 3 is 2.50 bits per heavy atom. The van der Waals surface area contributed by atoms with Crippen LogP contribution >= 0.6 is 0 Å². The van der Waals surface area contributed by atoms with Crippen molar-refractivity contribution in [3.8, 4) is 5.75 Å². The van der Waals surface area contributed by atoms with Crippen molar-refractivity contribution >= 4 is 11.0 Å². The summed E-state index contributed by atoms with van der Waals surface area (Å²) in [4.78, 5) is 0. The molecule has 16 heavy (non-hydrogen) atoms. The predicted molar refractivity (Wildman–Crippen MR) is 67.6 cm³/mol. The molecule has 0 fully saturated rings. The molecule has 0 aliphatic carbocycles. The first-order chi connectivity index (χ1) is 7.30. The smallest absolute Gasteiger partial charge is 0.115 e. The summed E-state index contributed by atoms with van der Waals surface area (Å²) < 4.78 is 14.6. The Hall–Kier alpha value is -0.870. The fourth-order valence-corrected chi connectivity index (χ4v) is 2.01. The van der Waals surface area contributed by atoms with Crippen LogP contribution in [0.15, 0.2) is 24.3 Å². The van der Waals surface area contributed by atoms with E-state index >= 15 is 0 Å². The van der Waals surface area contributed by atoms with Gasteiger partial charge in [0.2, 0.25) is 0 Å². The third kappa shape index (κ3) is 3.61. The molecule has 1 aromatic carbocycles. The molecule has 0 amide bonds. The maximum absolute atomic E-state index is 11.9. The SMILES string of the molecule is C[C@H](NS(=O)C(C)(C)C)c1cccc(O)c1. The topological polar surface area (TPSA) is 49.3 Å². The van der Waals surface area contributed by atoms with Crippen molar-refractivity contribution in [3.63, 3.8) is 0 Å². The Bertz CT molecular complexity index is 385. The second kappa shape index (κ2) is 4.97. The second-order valence-corrected chi connectivity index (χ2v) is 6.81. The Labute approximate surface area is 99.5 Å². The van der Waals surface area contributed by atoms with Crippen molar-refractivity contribution in [1.82, 2.24) is 4.72 Å². The molecule has 4 heteroatoms. The Kier molecular flexibility index (Phi) is 4.10. The van der Waals surface area contributed by atoms with Gasteiger partial charge in [-0.2, -0.15) is 0 Å². The van der Waals surface area contributed by atoms with Crippen LogP contribution in [-0.4, -0.2) is 14.1 Å². The Balaban J connectivity index is 2.73. The molecule has 0 aliphatic rings. The number of nitrogens with one attached hydrogen (secondary N) is 1. The van der Waals surface area contributed by atoms with Crippen molar-refractivity contribution < 1.29 is 9.32 Å². The number of hydrogen-bond acceptors (Lipinski definition) is 2. The normalized spacial score (nSPS) is 15.8. The summed E-state index contributed by atoms with van der Waals surface area (Å²) in [5.74, 6) is 0.229. The highest BCUT2D eigenvalue weighted by Crippen LogP contribution is 2.20. The van der Waals surface area contributed by atoms with Gasteiger partial charge in [0.25, 0.3) is 0 Å². The summed E-state index contributed by atoms with van der Waals surface area (Å²) in [5, 5.41) is 9.35. The van der Waals surface area contributed by atoms with Crippen LogP contribution in [0, 0.1) is 0 Å². The Morgan fingerprint density at radius 1 is 1.38 bits per heavy atom. The van der Waals surface area contributed by atoms with E-state index in [9.17, 15) is 9.32 Å². The van der Waals surface area contributed by atoms with Crippen molar-refractivity contribution in [2.45, 2.75) is 38.5 Å². The highest BCUT2D eigenvalue weighted by molar-refractivity contribution is 7.84. The minimum absolute atomic E-state index is 0.0489. The van der Waals surface area contributed by atoms with Crippen LogP contribution in [-0.2, 0) is 11.0 Å². The zero-order valence-corrected chi connectivity index (χ0v) is 11.0. The minimum atomic E-state index is -1.11. The summed E-state index contributed by atoms with van der Waals surface area (Å²) in [5.41, 5.74) is 0.928. The maximum atomic E-state index is 11.9. The number of benzene rings is 1. The van der Waals surface area contributed by atoms with Gasteiger partial charge in [-0.25, -0.2) is 8.93 Å². The van der Waals surface area contributed by atoms with E-state index in [2.05, 4.69) is 4.72 Å². The number of rotatable bonds is 3. The van der Waals surface area contributed by atoms with Gasteiger partial charge in [-0.3, -0.25) is 0 Å². The summed E-state index contributed by atoms with van der Waals surface area (Å²) in [6.45, 7) is 7.69. The monoisotopic (exact) mass is 241 g/mol. The third-order valence-electron chi connectivity index (χ3n) is 2.21. The van der Waals surface area contributed by atoms with E-state index in [-0.39, 0.29) is 16.5 Å². The molecule has 1 unspecified atom stereocenters. The summed E-state index contributed by atoms with van der Waals surface area (Å²) in [6, 6.07) is 6.93. The van der Waals surface area contributed by atoms with E-state index in [1.54, 1.807) is 18.2 Å². The molecule has 0 saturated heterocycles. The Morgan fingerprint density at radius 2 is 2.00 bits per heavy atom. The van der Waals surface area contributed by atoms with Gasteiger partial charge in [0.15, 0.2) is 0 Å². The highest BCUT2D eigenvalue weighted by atomic mass is 32.2. The molecular weight excluding hydrogens is 222 g/mol. The van der Waals surface area contributed by atoms with Crippen LogP contribution in [0.4, 0.5) is 0 Å². The zero-order chi connectivity index (χ0) is 12.3. The lowest BCUT2D eigenvalue weighted by atomic mass is 10.1. The lowest BCUT2D eigenvalue weighted by molar-refractivity contribution is 0.473. The number of hydrogen-bond donors (Lipinski definition) is 2. The van der Waals surface area contributed by atoms with Crippen molar-refractivity contribution in [2.75, 3.05) is 0 Å². The summed E-state index contributed by atoms with van der Waals surface area (Å²) in [7, 11) is -1.11. The molecule has 2 N–H and O–H groups in total. The lowest BCUT2D eigenvalue weighted by Gasteiger charge is -2.22. The van der Waals surface area contributed by atoms with E-state index in [0.29, 0.717) is 0 Å². The van der Waals surface area contributed by atoms with Gasteiger partial charge >= 0.3 is 0 Å². The second-order valence-electron chi connectivity index (χ2n) is 4.82. The molecule has 90 valence electrons. The van der Waals surface area contributed by atoms with Gasteiger partial charge in [0.1, 0.15) is 5.75 Å². The first-order valence-corrected chi connectivity index (χ1v) is 6.42. The molecule has 1 rings (SSSR count). The number of phenols is 1. The molecule has 0 bridgehead atoms. The summed E-state index contributed by atoms with van der Waals surface area (Å²) in [6.07, 6.45) is 0. The van der Waals surface area contributed by atoms with Gasteiger partial charge in [-0.15, -0.1) is 0 Å². The van der Waals surface area contributed by atoms with E-state index in [1.807, 2.05) is 33.8 Å². The quantitative estimate of drug-likeness (QED) is 0.854. The molecule has 0 heterocycles. The van der Waals surface area contributed by atoms with Crippen molar-refractivity contribution in [2.24, 2.45) is 0 Å². The fraction of sp³-hybridized carbons (Fsp3) is 0.500. The number of phenolic OH excluding ortho intramolecular Hbond substituents is 1. The highest BCUT2D eigenvalue weighted by Gasteiger charge is 2.21. The average Bonchev–Trinajstić information content (AvgIpc) is 2.16. The third-order valence-corrected chi connectivity index (χ3v) is 3.89. The average molecular weight is 241 g/mol. The minimum Gasteiger partial charge on any atom is -0.508 e. The van der Waals surface area contributed by atoms with Crippen LogP contribution in [0.1, 0.15) is 39.3 Å². The number of aromatic hydroxyl groups is 1. The van der Waals surface area contributed by atoms with E-state index in [4.69, 9.17) is 0 Å². The fourth-order valence-electron chi connectivity index (χ4n) is 1.20. The van der Waals surface area contributed by atoms with Crippen LogP contribution in [0.2, 0.25) is 0 Å². The molecular formula is C12H19NO2S. The molecule has 1 aromatic rings. The van der Waals surface area contributed by atoms with Crippen LogP contribution in [0.25, 0.3) is 0 Å². The molecule has 0 aliphatic heterocycles. The van der Waals surface area contributed by atoms with Crippen LogP contribution in [0.5, 0.6) is 5.75 Å². The van der Waals surface area contributed by atoms with E-state index in [1.165, 1.54) is 0 Å². The van der Waals surface area contributed by atoms with Gasteiger partial charge in [-0.1, -0.05) is 12.1 Å². The molecule has 3 nitrogen and oxygen atoms in total. The molecule has 0 saturated carbocycles. The van der Waals surface area contributed by atoms with Crippen LogP contribution < -0.4 is 4.72 Å². The first kappa shape index (κ1) is 13.2. The van der Waals surface area contributed by atoms with Gasteiger partial charge in [0, 0.05) is 6.04 Å². The van der Waals surface area contributed by atoms with Crippen molar-refractivity contribution in [3.05, 3.63) is 29.8 Å². The zero-order valence-electron chi connectivity index (χ0n) is 10.2.